The zero-order valence-corrected chi connectivity index (χ0v) is 23.4. The fourth-order valence-electron chi connectivity index (χ4n) is 5.25. The highest BCUT2D eigenvalue weighted by atomic mass is 79.9. The number of fused-ring (bicyclic) bond motifs is 1. The molecule has 1 aromatic heterocycles. The maximum atomic E-state index is 13.3. The normalized spacial score (nSPS) is 14.6. The predicted molar refractivity (Wildman–Crippen MR) is 150 cm³/mol. The maximum absolute atomic E-state index is 13.3. The highest BCUT2D eigenvalue weighted by molar-refractivity contribution is 9.10. The lowest BCUT2D eigenvalue weighted by Gasteiger charge is -2.32. The van der Waals surface area contributed by atoms with E-state index in [4.69, 9.17) is 0 Å². The Bertz CT molecular complexity index is 1310. The molecule has 1 aliphatic rings. The molecule has 2 aromatic carbocycles. The van der Waals surface area contributed by atoms with Gasteiger partial charge in [0.05, 0.1) is 15.9 Å². The number of amides is 1. The average Bonchev–Trinajstić information content (AvgIpc) is 3.49. The summed E-state index contributed by atoms with van der Waals surface area (Å²) >= 11 is 5.22. The Morgan fingerprint density at radius 1 is 1.05 bits per heavy atom. The first-order valence-corrected chi connectivity index (χ1v) is 14.4. The third kappa shape index (κ3) is 5.91. The quantitative estimate of drug-likeness (QED) is 0.226. The minimum atomic E-state index is -0.975. The van der Waals surface area contributed by atoms with Crippen molar-refractivity contribution in [3.63, 3.8) is 0 Å². The van der Waals surface area contributed by atoms with Crippen molar-refractivity contribution in [2.75, 3.05) is 6.54 Å². The van der Waals surface area contributed by atoms with Crippen LogP contribution in [0.15, 0.2) is 46.9 Å². The summed E-state index contributed by atoms with van der Waals surface area (Å²) in [6.07, 6.45) is 6.15. The molecule has 37 heavy (non-hydrogen) atoms. The van der Waals surface area contributed by atoms with E-state index in [9.17, 15) is 24.6 Å². The molecule has 4 rings (SSSR count). The molecule has 2 N–H and O–H groups in total. The summed E-state index contributed by atoms with van der Waals surface area (Å²) in [4.78, 5) is 39.9. The molecule has 3 aromatic rings. The van der Waals surface area contributed by atoms with Gasteiger partial charge in [-0.3, -0.25) is 9.59 Å². The summed E-state index contributed by atoms with van der Waals surface area (Å²) < 4.78 is 1.83. The number of halogens is 1. The molecule has 1 aliphatic carbocycles. The second-order valence-electron chi connectivity index (χ2n) is 9.93. The number of aromatic carboxylic acids is 1. The van der Waals surface area contributed by atoms with Crippen molar-refractivity contribution in [3.05, 3.63) is 58.1 Å². The number of aliphatic carboxylic acids is 1. The van der Waals surface area contributed by atoms with Crippen LogP contribution in [0.2, 0.25) is 0 Å². The van der Waals surface area contributed by atoms with Crippen LogP contribution in [0.5, 0.6) is 0 Å². The van der Waals surface area contributed by atoms with Crippen LogP contribution in [0, 0.1) is 5.41 Å². The Hall–Kier alpha value is -2.71. The van der Waals surface area contributed by atoms with Crippen molar-refractivity contribution in [1.29, 1.82) is 0 Å². The van der Waals surface area contributed by atoms with Crippen LogP contribution >= 0.6 is 27.3 Å². The van der Waals surface area contributed by atoms with E-state index in [-0.39, 0.29) is 18.0 Å². The molecule has 0 radical (unpaired) electrons. The van der Waals surface area contributed by atoms with Gasteiger partial charge in [0.15, 0.2) is 0 Å². The highest BCUT2D eigenvalue weighted by Crippen LogP contribution is 2.44. The van der Waals surface area contributed by atoms with Gasteiger partial charge in [0.2, 0.25) is 5.91 Å². The summed E-state index contributed by atoms with van der Waals surface area (Å²) in [7, 11) is 0. The number of hydrogen-bond donors (Lipinski definition) is 2. The Morgan fingerprint density at radius 3 is 2.46 bits per heavy atom. The lowest BCUT2D eigenvalue weighted by molar-refractivity contribution is -0.151. The Balaban J connectivity index is 1.66. The van der Waals surface area contributed by atoms with Gasteiger partial charge < -0.3 is 15.1 Å². The molecule has 0 saturated heterocycles. The first-order valence-electron chi connectivity index (χ1n) is 12.8. The number of nitrogens with zero attached hydrogens (tertiary/aromatic N) is 1. The average molecular weight is 587 g/mol. The Labute approximate surface area is 229 Å². The minimum Gasteiger partial charge on any atom is -0.481 e. The van der Waals surface area contributed by atoms with Gasteiger partial charge in [-0.05, 0) is 59.0 Å². The van der Waals surface area contributed by atoms with Crippen LogP contribution in [0.4, 0.5) is 0 Å². The number of rotatable bonds is 11. The van der Waals surface area contributed by atoms with E-state index >= 15 is 0 Å². The number of carbonyl (C=O) groups is 3. The van der Waals surface area contributed by atoms with E-state index in [2.05, 4.69) is 22.9 Å². The monoisotopic (exact) mass is 585 g/mol. The van der Waals surface area contributed by atoms with Crippen LogP contribution in [-0.2, 0) is 16.1 Å². The topological polar surface area (TPSA) is 94.9 Å². The molecule has 0 bridgehead atoms. The van der Waals surface area contributed by atoms with Gasteiger partial charge in [0.25, 0.3) is 0 Å². The van der Waals surface area contributed by atoms with Gasteiger partial charge in [-0.1, -0.05) is 56.9 Å². The summed E-state index contributed by atoms with van der Waals surface area (Å²) in [6.45, 7) is 2.67. The molecule has 0 spiro atoms. The Kier molecular flexibility index (Phi) is 8.70. The zero-order valence-electron chi connectivity index (χ0n) is 21.0. The second kappa shape index (κ2) is 11.8. The van der Waals surface area contributed by atoms with Crippen molar-refractivity contribution in [3.8, 4) is 10.4 Å². The number of carboxylic acid groups (broad SMARTS) is 2. The van der Waals surface area contributed by atoms with Crippen LogP contribution in [0.1, 0.15) is 74.2 Å². The van der Waals surface area contributed by atoms with Gasteiger partial charge in [0.1, 0.15) is 0 Å². The van der Waals surface area contributed by atoms with E-state index in [0.717, 1.165) is 57.1 Å². The van der Waals surface area contributed by atoms with E-state index in [0.29, 0.717) is 31.4 Å². The van der Waals surface area contributed by atoms with Crippen molar-refractivity contribution in [2.24, 2.45) is 5.41 Å². The molecular weight excluding hydrogens is 554 g/mol. The van der Waals surface area contributed by atoms with Crippen LogP contribution in [-0.4, -0.2) is 39.5 Å². The predicted octanol–water partition coefficient (Wildman–Crippen LogP) is 7.58. The molecule has 0 atom stereocenters. The molecule has 1 heterocycles. The molecule has 1 amide bonds. The summed E-state index contributed by atoms with van der Waals surface area (Å²) in [5.41, 5.74) is 0.948. The first-order chi connectivity index (χ1) is 17.8. The van der Waals surface area contributed by atoms with Crippen LogP contribution in [0.25, 0.3) is 20.5 Å². The molecule has 1 fully saturated rings. The standard InChI is InChI=1S/C29H32BrNO5S/c1-2-3-4-11-24(32)31(18-29(28(35)36)14-7-8-15-29)17-19-12-13-23-22(16-19)25(30)26(37-23)20-9-5-6-10-21(20)27(33)34/h5-6,9-10,12-13,16H,2-4,7-8,11,14-15,17-18H2,1H3,(H,33,34)(H,35,36). The first kappa shape index (κ1) is 27.3. The second-order valence-corrected chi connectivity index (χ2v) is 11.8. The molecule has 6 nitrogen and oxygen atoms in total. The number of carbonyl (C=O) groups excluding carboxylic acids is 1. The molecule has 1 saturated carbocycles. The van der Waals surface area contributed by atoms with Crippen LogP contribution in [0.3, 0.4) is 0 Å². The third-order valence-corrected chi connectivity index (χ3v) is 9.61. The molecule has 0 aliphatic heterocycles. The van der Waals surface area contributed by atoms with Gasteiger partial charge >= 0.3 is 11.9 Å². The van der Waals surface area contributed by atoms with Crippen molar-refractivity contribution in [2.45, 2.75) is 64.8 Å². The summed E-state index contributed by atoms with van der Waals surface area (Å²) in [5.74, 6) is -1.78. The minimum absolute atomic E-state index is 0.00142. The smallest absolute Gasteiger partial charge is 0.336 e. The van der Waals surface area contributed by atoms with E-state index in [1.807, 2.05) is 30.3 Å². The van der Waals surface area contributed by atoms with Gasteiger partial charge in [-0.25, -0.2) is 4.79 Å². The van der Waals surface area contributed by atoms with Gasteiger partial charge in [-0.2, -0.15) is 0 Å². The lowest BCUT2D eigenvalue weighted by Crippen LogP contribution is -2.44. The van der Waals surface area contributed by atoms with E-state index in [1.165, 1.54) is 11.3 Å². The highest BCUT2D eigenvalue weighted by Gasteiger charge is 2.43. The lowest BCUT2D eigenvalue weighted by atomic mass is 9.85. The number of hydrogen-bond acceptors (Lipinski definition) is 4. The van der Waals surface area contributed by atoms with Gasteiger partial charge in [0, 0.05) is 39.6 Å². The summed E-state index contributed by atoms with van der Waals surface area (Å²) in [6, 6.07) is 13.0. The molecule has 8 heteroatoms. The molecule has 0 unspecified atom stereocenters. The Morgan fingerprint density at radius 2 is 1.78 bits per heavy atom. The van der Waals surface area contributed by atoms with Crippen molar-refractivity contribution >= 4 is 55.2 Å². The number of thiophene rings is 1. The largest absolute Gasteiger partial charge is 0.481 e. The van der Waals surface area contributed by atoms with Crippen molar-refractivity contribution < 1.29 is 24.6 Å². The summed E-state index contributed by atoms with van der Waals surface area (Å²) in [5, 5.41) is 20.6. The zero-order chi connectivity index (χ0) is 26.6. The SMILES string of the molecule is CCCCCC(=O)N(Cc1ccc2sc(-c3ccccc3C(=O)O)c(Br)c2c1)CC1(C(=O)O)CCCC1. The number of carboxylic acids is 2. The number of unbranched alkanes of at least 4 members (excludes halogenated alkanes) is 2. The number of benzene rings is 2. The van der Waals surface area contributed by atoms with E-state index in [1.54, 1.807) is 17.0 Å². The van der Waals surface area contributed by atoms with Gasteiger partial charge in [-0.15, -0.1) is 11.3 Å². The molecular formula is C29H32BrNO5S. The fraction of sp³-hybridized carbons (Fsp3) is 0.414. The maximum Gasteiger partial charge on any atom is 0.336 e. The molecule has 196 valence electrons. The van der Waals surface area contributed by atoms with Crippen LogP contribution < -0.4 is 0 Å². The fourth-order valence-corrected chi connectivity index (χ4v) is 7.28. The third-order valence-electron chi connectivity index (χ3n) is 7.32. The van der Waals surface area contributed by atoms with Crippen molar-refractivity contribution in [1.82, 2.24) is 4.90 Å². The van der Waals surface area contributed by atoms with E-state index < -0.39 is 17.4 Å².